The number of anilines is 1. The topological polar surface area (TPSA) is 109 Å². The van der Waals surface area contributed by atoms with Crippen LogP contribution in [-0.4, -0.2) is 32.5 Å². The van der Waals surface area contributed by atoms with Gasteiger partial charge in [-0.05, 0) is 18.6 Å². The second-order valence-electron chi connectivity index (χ2n) is 5.09. The summed E-state index contributed by atoms with van der Waals surface area (Å²) in [6, 6.07) is 4.79. The van der Waals surface area contributed by atoms with Crippen molar-refractivity contribution in [3.63, 3.8) is 0 Å². The van der Waals surface area contributed by atoms with Crippen LogP contribution in [0.5, 0.6) is 0 Å². The van der Waals surface area contributed by atoms with Crippen molar-refractivity contribution in [2.45, 2.75) is 31.5 Å². The second-order valence-corrected chi connectivity index (χ2v) is 6.03. The molecule has 0 saturated carbocycles. The van der Waals surface area contributed by atoms with E-state index in [1.54, 1.807) is 6.07 Å². The number of urea groups is 1. The van der Waals surface area contributed by atoms with Gasteiger partial charge in [0.25, 0.3) is 0 Å². The van der Waals surface area contributed by atoms with E-state index >= 15 is 0 Å². The van der Waals surface area contributed by atoms with Gasteiger partial charge < -0.3 is 5.32 Å². The third kappa shape index (κ3) is 5.45. The van der Waals surface area contributed by atoms with E-state index in [4.69, 9.17) is 0 Å². The van der Waals surface area contributed by atoms with Gasteiger partial charge in [0.2, 0.25) is 5.91 Å². The summed E-state index contributed by atoms with van der Waals surface area (Å²) in [5, 5.41) is 10.9. The Kier molecular flexibility index (Phi) is 6.75. The first-order valence-corrected chi connectivity index (χ1v) is 8.63. The molecule has 1 aromatic heterocycles. The molecule has 3 N–H and O–H groups in total. The summed E-state index contributed by atoms with van der Waals surface area (Å²) >= 11 is 1.03. The van der Waals surface area contributed by atoms with Crippen molar-refractivity contribution in [1.29, 1.82) is 0 Å². The van der Waals surface area contributed by atoms with Crippen LogP contribution in [0.2, 0.25) is 0 Å². The molecular weight excluding hydrogens is 349 g/mol. The summed E-state index contributed by atoms with van der Waals surface area (Å²) < 4.78 is 14.9. The molecule has 0 fully saturated rings. The molecule has 25 heavy (non-hydrogen) atoms. The van der Waals surface area contributed by atoms with Gasteiger partial charge in [0, 0.05) is 6.54 Å². The molecule has 0 unspecified atom stereocenters. The maximum atomic E-state index is 13.4. The zero-order valence-corrected chi connectivity index (χ0v) is 14.4. The van der Waals surface area contributed by atoms with Gasteiger partial charge in [-0.3, -0.25) is 14.7 Å². The van der Waals surface area contributed by atoms with Crippen LogP contribution in [0.4, 0.5) is 14.9 Å². The average Bonchev–Trinajstić information content (AvgIpc) is 2.93. The molecule has 0 atom stereocenters. The van der Waals surface area contributed by atoms with Crippen LogP contribution in [0.25, 0.3) is 0 Å². The molecule has 3 amide bonds. The van der Waals surface area contributed by atoms with Gasteiger partial charge in [0.1, 0.15) is 5.82 Å². The third-order valence-electron chi connectivity index (χ3n) is 3.17. The summed E-state index contributed by atoms with van der Waals surface area (Å²) in [4.78, 5) is 35.2. The van der Waals surface area contributed by atoms with Crippen LogP contribution in [0, 0.1) is 5.82 Å². The van der Waals surface area contributed by atoms with E-state index < -0.39 is 17.8 Å². The lowest BCUT2D eigenvalue weighted by Gasteiger charge is -2.07. The minimum absolute atomic E-state index is 0.0267. The third-order valence-corrected chi connectivity index (χ3v) is 4.14. The Morgan fingerprint density at radius 2 is 2.12 bits per heavy atom. The first-order valence-electron chi connectivity index (χ1n) is 7.64. The van der Waals surface area contributed by atoms with E-state index in [1.165, 1.54) is 22.8 Å². The zero-order valence-electron chi connectivity index (χ0n) is 13.5. The standard InChI is InChI=1S/C15H18FN5O3S/c1-2-3-8-21-14(24)19-20-15(21)25-9-12(22)18-13(23)17-11-7-5-4-6-10(11)16/h4-7H,2-3,8-9H2,1H3,(H,19,24)(H2,17,18,22,23). The van der Waals surface area contributed by atoms with E-state index in [0.717, 1.165) is 24.6 Å². The Labute approximate surface area is 147 Å². The molecule has 10 heteroatoms. The maximum absolute atomic E-state index is 13.4. The lowest BCUT2D eigenvalue weighted by molar-refractivity contribution is -0.117. The fourth-order valence-corrected chi connectivity index (χ4v) is 2.71. The highest BCUT2D eigenvalue weighted by atomic mass is 32.2. The van der Waals surface area contributed by atoms with Crippen LogP contribution in [0.3, 0.4) is 0 Å². The first-order chi connectivity index (χ1) is 12.0. The summed E-state index contributed by atoms with van der Waals surface area (Å²) in [5.41, 5.74) is -0.366. The number of H-pyrrole nitrogens is 1. The summed E-state index contributed by atoms with van der Waals surface area (Å²) in [5.74, 6) is -1.30. The Balaban J connectivity index is 1.86. The molecule has 0 radical (unpaired) electrons. The number of para-hydroxylation sites is 1. The predicted molar refractivity (Wildman–Crippen MR) is 92.0 cm³/mol. The van der Waals surface area contributed by atoms with Gasteiger partial charge >= 0.3 is 11.7 Å². The number of aromatic nitrogens is 3. The molecule has 0 aliphatic heterocycles. The van der Waals surface area contributed by atoms with Crippen LogP contribution in [-0.2, 0) is 11.3 Å². The highest BCUT2D eigenvalue weighted by Crippen LogP contribution is 2.14. The summed E-state index contributed by atoms with van der Waals surface area (Å²) in [6.07, 6.45) is 1.72. The molecule has 8 nitrogen and oxygen atoms in total. The van der Waals surface area contributed by atoms with E-state index in [0.29, 0.717) is 11.7 Å². The highest BCUT2D eigenvalue weighted by Gasteiger charge is 2.13. The van der Waals surface area contributed by atoms with Crippen LogP contribution in [0.15, 0.2) is 34.2 Å². The predicted octanol–water partition coefficient (Wildman–Crippen LogP) is 1.95. The Morgan fingerprint density at radius 3 is 2.84 bits per heavy atom. The Bertz CT molecular complexity index is 804. The number of imide groups is 1. The van der Waals surface area contributed by atoms with Crippen molar-refractivity contribution < 1.29 is 14.0 Å². The van der Waals surface area contributed by atoms with Crippen LogP contribution in [0.1, 0.15) is 19.8 Å². The van der Waals surface area contributed by atoms with Gasteiger partial charge in [-0.1, -0.05) is 37.2 Å². The zero-order chi connectivity index (χ0) is 18.2. The normalized spacial score (nSPS) is 10.5. The number of benzene rings is 1. The van der Waals surface area contributed by atoms with Gasteiger partial charge in [0.15, 0.2) is 5.16 Å². The molecule has 1 aromatic carbocycles. The van der Waals surface area contributed by atoms with Gasteiger partial charge in [-0.25, -0.2) is 19.1 Å². The molecule has 134 valence electrons. The number of carbonyl (C=O) groups excluding carboxylic acids is 2. The van der Waals surface area contributed by atoms with Gasteiger partial charge in [-0.2, -0.15) is 0 Å². The van der Waals surface area contributed by atoms with Crippen molar-refractivity contribution in [3.8, 4) is 0 Å². The lowest BCUT2D eigenvalue weighted by Crippen LogP contribution is -2.35. The number of hydrogen-bond acceptors (Lipinski definition) is 5. The molecule has 0 saturated heterocycles. The molecule has 0 bridgehead atoms. The molecule has 1 heterocycles. The fourth-order valence-electron chi connectivity index (χ4n) is 1.94. The largest absolute Gasteiger partial charge is 0.343 e. The smallest absolute Gasteiger partial charge is 0.305 e. The SMILES string of the molecule is CCCCn1c(SCC(=O)NC(=O)Nc2ccccc2F)n[nH]c1=O. The number of carbonyl (C=O) groups is 2. The van der Waals surface area contributed by atoms with Crippen LogP contribution < -0.4 is 16.3 Å². The highest BCUT2D eigenvalue weighted by molar-refractivity contribution is 7.99. The van der Waals surface area contributed by atoms with Crippen molar-refractivity contribution >= 4 is 29.4 Å². The van der Waals surface area contributed by atoms with E-state index in [1.807, 2.05) is 6.92 Å². The van der Waals surface area contributed by atoms with Crippen molar-refractivity contribution in [1.82, 2.24) is 20.1 Å². The van der Waals surface area contributed by atoms with Crippen molar-refractivity contribution in [2.75, 3.05) is 11.1 Å². The molecular formula is C15H18FN5O3S. The van der Waals surface area contributed by atoms with E-state index in [-0.39, 0.29) is 17.1 Å². The lowest BCUT2D eigenvalue weighted by atomic mass is 10.3. The molecule has 0 aliphatic rings. The number of nitrogens with one attached hydrogen (secondary N) is 3. The van der Waals surface area contributed by atoms with Gasteiger partial charge in [0.05, 0.1) is 11.4 Å². The number of thioether (sulfide) groups is 1. The minimum atomic E-state index is -0.832. The molecule has 2 aromatic rings. The molecule has 2 rings (SSSR count). The number of aromatic amines is 1. The van der Waals surface area contributed by atoms with Crippen LogP contribution >= 0.6 is 11.8 Å². The monoisotopic (exact) mass is 367 g/mol. The second kappa shape index (κ2) is 9.02. The first kappa shape index (κ1) is 18.7. The number of rotatable bonds is 7. The van der Waals surface area contributed by atoms with Crippen molar-refractivity contribution in [2.24, 2.45) is 0 Å². The number of hydrogen-bond donors (Lipinski definition) is 3. The quantitative estimate of drug-likeness (QED) is 0.648. The van der Waals surface area contributed by atoms with E-state index in [9.17, 15) is 18.8 Å². The maximum Gasteiger partial charge on any atom is 0.343 e. The van der Waals surface area contributed by atoms with Gasteiger partial charge in [-0.15, -0.1) is 5.10 Å². The average molecular weight is 367 g/mol. The number of halogens is 1. The van der Waals surface area contributed by atoms with E-state index in [2.05, 4.69) is 20.8 Å². The fraction of sp³-hybridized carbons (Fsp3) is 0.333. The molecule has 0 spiro atoms. The summed E-state index contributed by atoms with van der Waals surface area (Å²) in [7, 11) is 0. The number of unbranched alkanes of at least 4 members (excludes halogenated alkanes) is 1. The number of nitrogens with zero attached hydrogens (tertiary/aromatic N) is 2. The number of amides is 3. The molecule has 0 aliphatic carbocycles. The minimum Gasteiger partial charge on any atom is -0.305 e. The van der Waals surface area contributed by atoms with Crippen molar-refractivity contribution in [3.05, 3.63) is 40.6 Å². The Morgan fingerprint density at radius 1 is 1.36 bits per heavy atom. The summed E-state index contributed by atoms with van der Waals surface area (Å²) in [6.45, 7) is 2.50. The Hall–Kier alpha value is -2.62.